The number of hydrogen-bond acceptors (Lipinski definition) is 7. The molecule has 0 rings (SSSR count). The first-order chi connectivity index (χ1) is 7.20. The van der Waals surface area contributed by atoms with E-state index in [1.54, 1.807) is 13.8 Å². The number of nitrogens with two attached hydrogens (primary N) is 2. The molecule has 0 saturated carbocycles. The lowest BCUT2D eigenvalue weighted by Gasteiger charge is -2.11. The molecule has 4 N–H and O–H groups in total. The highest BCUT2D eigenvalue weighted by Gasteiger charge is 2.00. The van der Waals surface area contributed by atoms with Gasteiger partial charge in [0.05, 0.1) is 26.4 Å². The minimum absolute atomic E-state index is 0.418. The van der Waals surface area contributed by atoms with E-state index in [1.807, 2.05) is 0 Å². The van der Waals surface area contributed by atoms with Gasteiger partial charge in [-0.2, -0.15) is 0 Å². The summed E-state index contributed by atoms with van der Waals surface area (Å²) in [6.07, 6.45) is -0.842. The second-order valence-corrected chi connectivity index (χ2v) is 2.76. The summed E-state index contributed by atoms with van der Waals surface area (Å²) in [7, 11) is 0. The van der Waals surface area contributed by atoms with Crippen LogP contribution in [-0.2, 0) is 23.9 Å². The van der Waals surface area contributed by atoms with Crippen molar-refractivity contribution in [1.29, 1.82) is 0 Å². The topological polar surface area (TPSA) is 98.2 Å². The molecule has 0 saturated heterocycles. The van der Waals surface area contributed by atoms with E-state index in [1.165, 1.54) is 0 Å². The zero-order valence-corrected chi connectivity index (χ0v) is 9.18. The molecule has 15 heavy (non-hydrogen) atoms. The molecule has 0 bridgehead atoms. The van der Waals surface area contributed by atoms with Crippen LogP contribution in [0, 0.1) is 0 Å². The van der Waals surface area contributed by atoms with Crippen LogP contribution >= 0.6 is 0 Å². The van der Waals surface area contributed by atoms with Crippen molar-refractivity contribution in [2.24, 2.45) is 11.8 Å². The third-order valence-electron chi connectivity index (χ3n) is 1.54. The normalized spacial score (nSPS) is 15.2. The van der Waals surface area contributed by atoms with Crippen LogP contribution in [0.25, 0.3) is 0 Å². The van der Waals surface area contributed by atoms with E-state index >= 15 is 0 Å². The van der Waals surface area contributed by atoms with E-state index in [0.29, 0.717) is 26.4 Å². The lowest BCUT2D eigenvalue weighted by atomic mass is 10.7. The summed E-state index contributed by atoms with van der Waals surface area (Å²) in [5, 5.41) is 0. The average Bonchev–Trinajstić information content (AvgIpc) is 2.26. The average molecular weight is 224 g/mol. The Morgan fingerprint density at radius 3 is 1.53 bits per heavy atom. The Bertz CT molecular complexity index is 124. The Kier molecular flexibility index (Phi) is 10.1. The van der Waals surface area contributed by atoms with E-state index in [0.717, 1.165) is 0 Å². The second-order valence-electron chi connectivity index (χ2n) is 2.76. The van der Waals surface area contributed by atoms with Crippen molar-refractivity contribution in [3.63, 3.8) is 0 Å². The van der Waals surface area contributed by atoms with Crippen molar-refractivity contribution in [2.45, 2.75) is 26.4 Å². The molecule has 0 aliphatic carbocycles. The van der Waals surface area contributed by atoms with Crippen LogP contribution < -0.4 is 11.8 Å². The Morgan fingerprint density at radius 1 is 0.800 bits per heavy atom. The minimum Gasteiger partial charge on any atom is -0.377 e. The standard InChI is InChI=1S/C8H20N2O5/c1-7(14-9)12-5-3-11-4-6-13-8(2)15-10/h7-8H,3-6,9-10H2,1-2H3. The molecular formula is C8H20N2O5. The third-order valence-corrected chi connectivity index (χ3v) is 1.54. The number of ether oxygens (including phenoxy) is 3. The van der Waals surface area contributed by atoms with Crippen molar-refractivity contribution < 1.29 is 23.9 Å². The SMILES string of the molecule is CC(ON)OCCOCCOC(C)ON. The predicted octanol–water partition coefficient (Wildman–Crippen LogP) is -0.491. The zero-order chi connectivity index (χ0) is 11.5. The van der Waals surface area contributed by atoms with E-state index in [4.69, 9.17) is 26.0 Å². The minimum atomic E-state index is -0.421. The lowest BCUT2D eigenvalue weighted by molar-refractivity contribution is -0.153. The van der Waals surface area contributed by atoms with Crippen molar-refractivity contribution >= 4 is 0 Å². The highest BCUT2D eigenvalue weighted by molar-refractivity contribution is 4.35. The van der Waals surface area contributed by atoms with Crippen molar-refractivity contribution in [3.05, 3.63) is 0 Å². The summed E-state index contributed by atoms with van der Waals surface area (Å²) in [6.45, 7) is 5.14. The molecule has 7 heteroatoms. The van der Waals surface area contributed by atoms with Gasteiger partial charge in [0.15, 0.2) is 12.6 Å². The fourth-order valence-corrected chi connectivity index (χ4v) is 0.727. The van der Waals surface area contributed by atoms with Gasteiger partial charge < -0.3 is 14.2 Å². The molecule has 0 aliphatic heterocycles. The first-order valence-electron chi connectivity index (χ1n) is 4.72. The van der Waals surface area contributed by atoms with Crippen LogP contribution in [0.5, 0.6) is 0 Å². The Morgan fingerprint density at radius 2 is 1.20 bits per heavy atom. The Labute approximate surface area is 89.4 Å². The highest BCUT2D eigenvalue weighted by Crippen LogP contribution is 1.90. The van der Waals surface area contributed by atoms with Crippen LogP contribution in [0.15, 0.2) is 0 Å². The van der Waals surface area contributed by atoms with Crippen molar-refractivity contribution in [1.82, 2.24) is 0 Å². The molecule has 2 atom stereocenters. The van der Waals surface area contributed by atoms with Gasteiger partial charge in [0.2, 0.25) is 0 Å². The molecular weight excluding hydrogens is 204 g/mol. The van der Waals surface area contributed by atoms with E-state index in [-0.39, 0.29) is 0 Å². The van der Waals surface area contributed by atoms with Gasteiger partial charge >= 0.3 is 0 Å². The maximum absolute atomic E-state index is 5.18. The summed E-state index contributed by atoms with van der Waals surface area (Å²) in [5.74, 6) is 9.74. The second kappa shape index (κ2) is 10.2. The first kappa shape index (κ1) is 14.7. The third kappa shape index (κ3) is 10.0. The quantitative estimate of drug-likeness (QED) is 0.293. The Balaban J connectivity index is 3.05. The van der Waals surface area contributed by atoms with Gasteiger partial charge in [0.1, 0.15) is 0 Å². The molecule has 0 aromatic carbocycles. The fourth-order valence-electron chi connectivity index (χ4n) is 0.727. The van der Waals surface area contributed by atoms with Crippen molar-refractivity contribution in [2.75, 3.05) is 26.4 Å². The van der Waals surface area contributed by atoms with Crippen LogP contribution in [-0.4, -0.2) is 39.0 Å². The molecule has 0 aromatic heterocycles. The van der Waals surface area contributed by atoms with E-state index in [9.17, 15) is 0 Å². The van der Waals surface area contributed by atoms with Crippen LogP contribution in [0.3, 0.4) is 0 Å². The van der Waals surface area contributed by atoms with Crippen LogP contribution in [0.1, 0.15) is 13.8 Å². The van der Waals surface area contributed by atoms with E-state index in [2.05, 4.69) is 9.68 Å². The van der Waals surface area contributed by atoms with Gasteiger partial charge in [-0.25, -0.2) is 11.8 Å². The van der Waals surface area contributed by atoms with Crippen LogP contribution in [0.4, 0.5) is 0 Å². The summed E-state index contributed by atoms with van der Waals surface area (Å²) in [6, 6.07) is 0. The maximum Gasteiger partial charge on any atom is 0.174 e. The van der Waals surface area contributed by atoms with Gasteiger partial charge in [-0.1, -0.05) is 0 Å². The summed E-state index contributed by atoms with van der Waals surface area (Å²) in [5.41, 5.74) is 0. The lowest BCUT2D eigenvalue weighted by Crippen LogP contribution is -2.21. The number of rotatable bonds is 10. The summed E-state index contributed by atoms with van der Waals surface area (Å²) >= 11 is 0. The molecule has 7 nitrogen and oxygen atoms in total. The molecule has 0 radical (unpaired) electrons. The predicted molar refractivity (Wildman–Crippen MR) is 52.2 cm³/mol. The summed E-state index contributed by atoms with van der Waals surface area (Å²) in [4.78, 5) is 8.78. The summed E-state index contributed by atoms with van der Waals surface area (Å²) < 4.78 is 15.3. The molecule has 0 aliphatic rings. The largest absolute Gasteiger partial charge is 0.377 e. The Hall–Kier alpha value is -0.280. The molecule has 0 aromatic rings. The van der Waals surface area contributed by atoms with E-state index < -0.39 is 12.6 Å². The zero-order valence-electron chi connectivity index (χ0n) is 9.18. The highest BCUT2D eigenvalue weighted by atomic mass is 16.8. The number of hydrogen-bond donors (Lipinski definition) is 2. The molecule has 0 spiro atoms. The van der Waals surface area contributed by atoms with Crippen LogP contribution in [0.2, 0.25) is 0 Å². The monoisotopic (exact) mass is 224 g/mol. The van der Waals surface area contributed by atoms with Crippen molar-refractivity contribution in [3.8, 4) is 0 Å². The fraction of sp³-hybridized carbons (Fsp3) is 1.00. The molecule has 92 valence electrons. The molecule has 0 fully saturated rings. The maximum atomic E-state index is 5.18. The molecule has 0 heterocycles. The van der Waals surface area contributed by atoms with Gasteiger partial charge in [-0.05, 0) is 13.8 Å². The smallest absolute Gasteiger partial charge is 0.174 e. The molecule has 0 amide bonds. The van der Waals surface area contributed by atoms with Gasteiger partial charge in [-0.3, -0.25) is 9.68 Å². The van der Waals surface area contributed by atoms with Gasteiger partial charge in [0.25, 0.3) is 0 Å². The van der Waals surface area contributed by atoms with Gasteiger partial charge in [-0.15, -0.1) is 0 Å². The van der Waals surface area contributed by atoms with Gasteiger partial charge in [0, 0.05) is 0 Å². The first-order valence-corrected chi connectivity index (χ1v) is 4.72. The molecule has 2 unspecified atom stereocenters.